The molecule has 2 nitrogen and oxygen atoms in total. The molecule has 0 bridgehead atoms. The fourth-order valence-electron chi connectivity index (χ4n) is 0.917. The average molecular weight is 239 g/mol. The van der Waals surface area contributed by atoms with Crippen LogP contribution in [0.2, 0.25) is 0 Å². The minimum Gasteiger partial charge on any atom is -0.294 e. The number of carbonyl (C=O) groups is 2. The maximum Gasteiger partial charge on any atom is 0.249 e. The van der Waals surface area contributed by atoms with E-state index in [1.54, 1.807) is 6.08 Å². The minimum absolute atomic E-state index is 0.362. The summed E-state index contributed by atoms with van der Waals surface area (Å²) in [6.07, 6.45) is 5.79. The van der Waals surface area contributed by atoms with Crippen LogP contribution in [-0.2, 0) is 9.59 Å². The van der Waals surface area contributed by atoms with E-state index in [2.05, 4.69) is 0 Å². The first-order valence-corrected chi connectivity index (χ1v) is 4.56. The molecule has 0 radical (unpaired) electrons. The first-order chi connectivity index (χ1) is 5.93. The Labute approximate surface area is 90.1 Å². The van der Waals surface area contributed by atoms with E-state index in [1.165, 1.54) is 18.2 Å². The molecule has 0 aromatic rings. The van der Waals surface area contributed by atoms with Crippen molar-refractivity contribution in [1.82, 2.24) is 0 Å². The van der Waals surface area contributed by atoms with Crippen LogP contribution in [0.1, 0.15) is 0 Å². The van der Waals surface area contributed by atoms with Crippen LogP contribution in [0.4, 0.5) is 0 Å². The van der Waals surface area contributed by atoms with Gasteiger partial charge in [-0.3, -0.25) is 9.59 Å². The van der Waals surface area contributed by atoms with Gasteiger partial charge in [-0.2, -0.15) is 0 Å². The van der Waals surface area contributed by atoms with Crippen molar-refractivity contribution in [3.63, 3.8) is 0 Å². The second-order valence-corrected chi connectivity index (χ2v) is 4.77. The third-order valence-electron chi connectivity index (χ3n) is 1.54. The highest BCUT2D eigenvalue weighted by atomic mass is 35.6. The van der Waals surface area contributed by atoms with Crippen molar-refractivity contribution in [2.45, 2.75) is 3.79 Å². The van der Waals surface area contributed by atoms with E-state index in [1.807, 2.05) is 0 Å². The summed E-state index contributed by atoms with van der Waals surface area (Å²) in [4.78, 5) is 22.5. The Balaban J connectivity index is 2.85. The van der Waals surface area contributed by atoms with Crippen LogP contribution in [-0.4, -0.2) is 15.4 Å². The quantitative estimate of drug-likeness (QED) is 0.519. The van der Waals surface area contributed by atoms with Gasteiger partial charge in [-0.1, -0.05) is 53.0 Å². The molecule has 5 heteroatoms. The number of ketones is 2. The molecule has 0 amide bonds. The van der Waals surface area contributed by atoms with E-state index in [4.69, 9.17) is 34.8 Å². The smallest absolute Gasteiger partial charge is 0.249 e. The zero-order chi connectivity index (χ0) is 10.1. The van der Waals surface area contributed by atoms with Crippen LogP contribution in [0.25, 0.3) is 0 Å². The molecule has 1 atom stereocenters. The summed E-state index contributed by atoms with van der Waals surface area (Å²) in [6.45, 7) is 0. The van der Waals surface area contributed by atoms with Crippen molar-refractivity contribution in [2.24, 2.45) is 5.92 Å². The largest absolute Gasteiger partial charge is 0.294 e. The highest BCUT2D eigenvalue weighted by molar-refractivity contribution is 6.76. The third kappa shape index (κ3) is 2.56. The molecule has 1 aliphatic carbocycles. The monoisotopic (exact) mass is 238 g/mol. The first kappa shape index (κ1) is 10.8. The Morgan fingerprint density at radius 2 is 1.92 bits per heavy atom. The van der Waals surface area contributed by atoms with Gasteiger partial charge < -0.3 is 0 Å². The van der Waals surface area contributed by atoms with Crippen LogP contribution in [0, 0.1) is 5.92 Å². The van der Waals surface area contributed by atoms with Crippen LogP contribution < -0.4 is 0 Å². The van der Waals surface area contributed by atoms with Gasteiger partial charge in [-0.15, -0.1) is 0 Å². The van der Waals surface area contributed by atoms with E-state index in [0.717, 1.165) is 0 Å². The maximum absolute atomic E-state index is 11.3. The van der Waals surface area contributed by atoms with Gasteiger partial charge >= 0.3 is 0 Å². The first-order valence-electron chi connectivity index (χ1n) is 3.42. The van der Waals surface area contributed by atoms with Crippen molar-refractivity contribution in [2.75, 3.05) is 0 Å². The van der Waals surface area contributed by atoms with Crippen LogP contribution >= 0.6 is 34.8 Å². The molecular formula is C8H5Cl3O2. The lowest BCUT2D eigenvalue weighted by Crippen LogP contribution is -2.31. The normalized spacial score (nSPS) is 22.1. The molecule has 0 fully saturated rings. The Bertz CT molecular complexity index is 299. The van der Waals surface area contributed by atoms with Gasteiger partial charge in [0.1, 0.15) is 5.92 Å². The Morgan fingerprint density at radius 3 is 2.38 bits per heavy atom. The van der Waals surface area contributed by atoms with Gasteiger partial charge in [0, 0.05) is 0 Å². The molecule has 0 aromatic carbocycles. The summed E-state index contributed by atoms with van der Waals surface area (Å²) >= 11 is 16.1. The summed E-state index contributed by atoms with van der Waals surface area (Å²) in [6, 6.07) is 0. The number of alkyl halides is 3. The summed E-state index contributed by atoms with van der Waals surface area (Å²) in [7, 11) is 0. The molecule has 0 aliphatic heterocycles. The minimum atomic E-state index is -2.03. The molecule has 1 aliphatic rings. The van der Waals surface area contributed by atoms with Crippen molar-refractivity contribution in [3.05, 3.63) is 24.3 Å². The van der Waals surface area contributed by atoms with Crippen molar-refractivity contribution < 1.29 is 9.59 Å². The van der Waals surface area contributed by atoms with E-state index in [-0.39, 0.29) is 5.78 Å². The molecule has 0 heterocycles. The van der Waals surface area contributed by atoms with Crippen LogP contribution in [0.5, 0.6) is 0 Å². The highest BCUT2D eigenvalue weighted by Crippen LogP contribution is 2.31. The summed E-state index contributed by atoms with van der Waals surface area (Å²) in [5, 5.41) is 0. The number of allylic oxidation sites excluding steroid dienone is 4. The van der Waals surface area contributed by atoms with Gasteiger partial charge in [0.15, 0.2) is 11.6 Å². The molecule has 0 saturated carbocycles. The SMILES string of the molecule is O=C1C=CC=CC1C(=O)C(Cl)(Cl)Cl. The number of carbonyl (C=O) groups excluding carboxylic acids is 2. The third-order valence-corrected chi connectivity index (χ3v) is 2.10. The molecule has 0 saturated heterocycles. The number of hydrogen-bond donors (Lipinski definition) is 0. The Kier molecular flexibility index (Phi) is 3.17. The van der Waals surface area contributed by atoms with E-state index in [0.29, 0.717) is 0 Å². The standard InChI is InChI=1S/C8H5Cl3O2/c9-8(10,11)7(13)5-3-1-2-4-6(5)12/h1-5H. The molecule has 0 aromatic heterocycles. The number of hydrogen-bond acceptors (Lipinski definition) is 2. The fraction of sp³-hybridized carbons (Fsp3) is 0.250. The lowest BCUT2D eigenvalue weighted by molar-refractivity contribution is -0.127. The Morgan fingerprint density at radius 1 is 1.31 bits per heavy atom. The second-order valence-electron chi connectivity index (χ2n) is 2.49. The molecule has 1 rings (SSSR count). The van der Waals surface area contributed by atoms with Gasteiger partial charge in [0.25, 0.3) is 0 Å². The van der Waals surface area contributed by atoms with Crippen molar-refractivity contribution >= 4 is 46.4 Å². The Hall–Kier alpha value is -0.310. The molecular weight excluding hydrogens is 234 g/mol. The zero-order valence-corrected chi connectivity index (χ0v) is 8.60. The number of halogens is 3. The molecule has 13 heavy (non-hydrogen) atoms. The molecule has 0 spiro atoms. The molecule has 70 valence electrons. The summed E-state index contributed by atoms with van der Waals surface area (Å²) in [5.41, 5.74) is 0. The number of Topliss-reactive ketones (excluding diaryl/α,β-unsaturated/α-hetero) is 1. The summed E-state index contributed by atoms with van der Waals surface area (Å²) in [5.74, 6) is -2.04. The second kappa shape index (κ2) is 3.82. The van der Waals surface area contributed by atoms with Crippen molar-refractivity contribution in [1.29, 1.82) is 0 Å². The van der Waals surface area contributed by atoms with E-state index >= 15 is 0 Å². The topological polar surface area (TPSA) is 34.1 Å². The maximum atomic E-state index is 11.3. The van der Waals surface area contributed by atoms with E-state index in [9.17, 15) is 9.59 Å². The van der Waals surface area contributed by atoms with Gasteiger partial charge in [0.05, 0.1) is 0 Å². The summed E-state index contributed by atoms with van der Waals surface area (Å²) < 4.78 is -2.03. The van der Waals surface area contributed by atoms with Crippen LogP contribution in [0.15, 0.2) is 24.3 Å². The van der Waals surface area contributed by atoms with Gasteiger partial charge in [-0.05, 0) is 6.08 Å². The van der Waals surface area contributed by atoms with Crippen molar-refractivity contribution in [3.8, 4) is 0 Å². The van der Waals surface area contributed by atoms with E-state index < -0.39 is 15.5 Å². The zero-order valence-electron chi connectivity index (χ0n) is 6.34. The average Bonchev–Trinajstić information content (AvgIpc) is 2.02. The molecule has 1 unspecified atom stereocenters. The fourth-order valence-corrected chi connectivity index (χ4v) is 1.27. The molecule has 0 N–H and O–H groups in total. The van der Waals surface area contributed by atoms with Gasteiger partial charge in [0.2, 0.25) is 3.79 Å². The lowest BCUT2D eigenvalue weighted by Gasteiger charge is -2.15. The predicted octanol–water partition coefficient (Wildman–Crippen LogP) is 2.24. The van der Waals surface area contributed by atoms with Gasteiger partial charge in [-0.25, -0.2) is 0 Å². The lowest BCUT2D eigenvalue weighted by atomic mass is 9.95. The highest BCUT2D eigenvalue weighted by Gasteiger charge is 2.38. The van der Waals surface area contributed by atoms with Crippen LogP contribution in [0.3, 0.4) is 0 Å². The number of rotatable bonds is 1. The predicted molar refractivity (Wildman–Crippen MR) is 52.1 cm³/mol.